The van der Waals surface area contributed by atoms with Crippen LogP contribution in [0.25, 0.3) is 5.69 Å². The van der Waals surface area contributed by atoms with Gasteiger partial charge in [-0.2, -0.15) is 5.10 Å². The minimum Gasteiger partial charge on any atom is -0.444 e. The minimum absolute atomic E-state index is 0.0619. The van der Waals surface area contributed by atoms with Gasteiger partial charge in [-0.3, -0.25) is 9.78 Å². The van der Waals surface area contributed by atoms with Crippen LogP contribution in [0.1, 0.15) is 65.0 Å². The van der Waals surface area contributed by atoms with Gasteiger partial charge in [-0.1, -0.05) is 0 Å². The average molecular weight is 562 g/mol. The Bertz CT molecular complexity index is 1420. The standard InChI is InChI=1S/C31H43N7O3/c1-22(24-16-33-38(20-24)28-14-27(34(5)6)17-32-18-28)36-13-11-25(15-29(36)39)35-12-7-8-26(21-35)37(19-23-9-10-23)30(40)41-31(2,3)4/h11,13-18,20,22-23,26H,7-10,12,19,21H2,1-6H3/t22?,26-/m1/s1. The molecule has 2 atom stereocenters. The van der Waals surface area contributed by atoms with Gasteiger partial charge >= 0.3 is 6.09 Å². The third-order valence-electron chi connectivity index (χ3n) is 7.91. The maximum absolute atomic E-state index is 13.3. The van der Waals surface area contributed by atoms with Gasteiger partial charge in [-0.25, -0.2) is 9.48 Å². The molecule has 220 valence electrons. The Morgan fingerprint density at radius 1 is 1.12 bits per heavy atom. The summed E-state index contributed by atoms with van der Waals surface area (Å²) < 4.78 is 9.30. The van der Waals surface area contributed by atoms with E-state index in [-0.39, 0.29) is 23.7 Å². The molecule has 10 heteroatoms. The lowest BCUT2D eigenvalue weighted by atomic mass is 10.0. The Morgan fingerprint density at radius 2 is 1.90 bits per heavy atom. The maximum Gasteiger partial charge on any atom is 0.410 e. The Labute approximate surface area is 242 Å². The van der Waals surface area contributed by atoms with E-state index in [1.807, 2.05) is 82.3 Å². The van der Waals surface area contributed by atoms with Gasteiger partial charge in [0.05, 0.1) is 42.0 Å². The first-order valence-corrected chi connectivity index (χ1v) is 14.6. The van der Waals surface area contributed by atoms with E-state index in [1.54, 1.807) is 27.7 Å². The summed E-state index contributed by atoms with van der Waals surface area (Å²) >= 11 is 0. The van der Waals surface area contributed by atoms with Crippen LogP contribution in [-0.2, 0) is 4.74 Å². The number of piperidine rings is 1. The van der Waals surface area contributed by atoms with Gasteiger partial charge < -0.3 is 24.0 Å². The van der Waals surface area contributed by atoms with Gasteiger partial charge in [0.25, 0.3) is 5.56 Å². The highest BCUT2D eigenvalue weighted by Crippen LogP contribution is 2.33. The number of carbonyl (C=O) groups excluding carboxylic acids is 1. The summed E-state index contributed by atoms with van der Waals surface area (Å²) in [6.45, 7) is 10.0. The van der Waals surface area contributed by atoms with Crippen molar-refractivity contribution in [3.63, 3.8) is 0 Å². The molecule has 1 aliphatic heterocycles. The molecular formula is C31H43N7O3. The number of aromatic nitrogens is 4. The zero-order valence-corrected chi connectivity index (χ0v) is 25.2. The first-order chi connectivity index (χ1) is 19.5. The fourth-order valence-corrected chi connectivity index (χ4v) is 5.35. The van der Waals surface area contributed by atoms with Crippen molar-refractivity contribution in [3.05, 3.63) is 65.1 Å². The van der Waals surface area contributed by atoms with Crippen LogP contribution < -0.4 is 15.4 Å². The summed E-state index contributed by atoms with van der Waals surface area (Å²) in [6.07, 6.45) is 13.2. The molecule has 0 radical (unpaired) electrons. The molecule has 0 bridgehead atoms. The Morgan fingerprint density at radius 3 is 2.59 bits per heavy atom. The normalized spacial score (nSPS) is 18.2. The van der Waals surface area contributed by atoms with Gasteiger partial charge in [0.15, 0.2) is 0 Å². The molecule has 4 heterocycles. The first kappa shape index (κ1) is 28.7. The van der Waals surface area contributed by atoms with Crippen molar-refractivity contribution < 1.29 is 9.53 Å². The Kier molecular flexibility index (Phi) is 8.11. The predicted octanol–water partition coefficient (Wildman–Crippen LogP) is 4.72. The van der Waals surface area contributed by atoms with Gasteiger partial charge in [-0.15, -0.1) is 0 Å². The topological polar surface area (TPSA) is 88.7 Å². The van der Waals surface area contributed by atoms with Crippen LogP contribution in [0.4, 0.5) is 16.2 Å². The van der Waals surface area contributed by atoms with E-state index in [0.29, 0.717) is 12.5 Å². The SMILES string of the molecule is CC(c1cnn(-c2cncc(N(C)C)c2)c1)n1ccc(N2CCC[C@@H](N(CC3CC3)C(=O)OC(C)(C)C)C2)cc1=O. The van der Waals surface area contributed by atoms with Gasteiger partial charge in [0, 0.05) is 63.4 Å². The molecule has 1 saturated carbocycles. The van der Waals surface area contributed by atoms with Gasteiger partial charge in [0.2, 0.25) is 0 Å². The smallest absolute Gasteiger partial charge is 0.410 e. The largest absolute Gasteiger partial charge is 0.444 e. The molecule has 1 aliphatic carbocycles. The molecule has 10 nitrogen and oxygen atoms in total. The molecule has 1 saturated heterocycles. The molecule has 5 rings (SSSR count). The molecule has 41 heavy (non-hydrogen) atoms. The molecule has 1 unspecified atom stereocenters. The molecule has 0 spiro atoms. The Hall–Kier alpha value is -3.82. The summed E-state index contributed by atoms with van der Waals surface area (Å²) in [5, 5.41) is 4.53. The summed E-state index contributed by atoms with van der Waals surface area (Å²) in [6, 6.07) is 5.62. The molecule has 3 aromatic heterocycles. The Balaban J connectivity index is 1.30. The number of carbonyl (C=O) groups is 1. The second-order valence-corrected chi connectivity index (χ2v) is 12.6. The van der Waals surface area contributed by atoms with Crippen molar-refractivity contribution in [2.45, 2.75) is 71.1 Å². The highest BCUT2D eigenvalue weighted by molar-refractivity contribution is 5.69. The highest BCUT2D eigenvalue weighted by Gasteiger charge is 2.36. The van der Waals surface area contributed by atoms with Gasteiger partial charge in [0.1, 0.15) is 5.60 Å². The molecule has 2 aliphatic rings. The second kappa shape index (κ2) is 11.6. The van der Waals surface area contributed by atoms with Crippen molar-refractivity contribution in [1.29, 1.82) is 0 Å². The van der Waals surface area contributed by atoms with E-state index in [2.05, 4.69) is 15.0 Å². The zero-order valence-electron chi connectivity index (χ0n) is 25.2. The van der Waals surface area contributed by atoms with E-state index >= 15 is 0 Å². The fraction of sp³-hybridized carbons (Fsp3) is 0.548. The monoisotopic (exact) mass is 561 g/mol. The number of pyridine rings is 2. The third kappa shape index (κ3) is 6.92. The molecular weight excluding hydrogens is 518 g/mol. The van der Waals surface area contributed by atoms with Crippen LogP contribution in [0.5, 0.6) is 0 Å². The van der Waals surface area contributed by atoms with E-state index in [0.717, 1.165) is 48.6 Å². The van der Waals surface area contributed by atoms with Crippen LogP contribution in [0.3, 0.4) is 0 Å². The van der Waals surface area contributed by atoms with Crippen LogP contribution >= 0.6 is 0 Å². The van der Waals surface area contributed by atoms with Crippen molar-refractivity contribution in [2.24, 2.45) is 5.92 Å². The van der Waals surface area contributed by atoms with E-state index in [1.165, 1.54) is 12.8 Å². The van der Waals surface area contributed by atoms with Crippen LogP contribution in [0.15, 0.2) is 54.0 Å². The van der Waals surface area contributed by atoms with Crippen molar-refractivity contribution >= 4 is 17.5 Å². The zero-order chi connectivity index (χ0) is 29.3. The second-order valence-electron chi connectivity index (χ2n) is 12.6. The van der Waals surface area contributed by atoms with E-state index in [9.17, 15) is 9.59 Å². The molecule has 3 aromatic rings. The number of hydrogen-bond donors (Lipinski definition) is 0. The summed E-state index contributed by atoms with van der Waals surface area (Å²) in [7, 11) is 3.95. The quantitative estimate of drug-likeness (QED) is 0.393. The molecule has 0 N–H and O–H groups in total. The number of rotatable bonds is 8. The number of ether oxygens (including phenoxy) is 1. The number of amides is 1. The maximum atomic E-state index is 13.3. The first-order valence-electron chi connectivity index (χ1n) is 14.6. The predicted molar refractivity (Wildman–Crippen MR) is 161 cm³/mol. The van der Waals surface area contributed by atoms with Crippen LogP contribution in [0, 0.1) is 5.92 Å². The van der Waals surface area contributed by atoms with Crippen molar-refractivity contribution in [1.82, 2.24) is 24.2 Å². The number of hydrogen-bond acceptors (Lipinski definition) is 7. The molecule has 0 aromatic carbocycles. The summed E-state index contributed by atoms with van der Waals surface area (Å²) in [4.78, 5) is 37.0. The lowest BCUT2D eigenvalue weighted by Crippen LogP contribution is -2.52. The van der Waals surface area contributed by atoms with Crippen LogP contribution in [0.2, 0.25) is 0 Å². The van der Waals surface area contributed by atoms with Crippen LogP contribution in [-0.4, -0.2) is 75.7 Å². The van der Waals surface area contributed by atoms with Crippen molar-refractivity contribution in [3.8, 4) is 5.69 Å². The summed E-state index contributed by atoms with van der Waals surface area (Å²) in [5.41, 5.74) is 3.07. The van der Waals surface area contributed by atoms with Crippen molar-refractivity contribution in [2.75, 3.05) is 43.5 Å². The minimum atomic E-state index is -0.530. The van der Waals surface area contributed by atoms with Gasteiger partial charge in [-0.05, 0) is 71.4 Å². The average Bonchev–Trinajstić information content (AvgIpc) is 3.62. The highest BCUT2D eigenvalue weighted by atomic mass is 16.6. The summed E-state index contributed by atoms with van der Waals surface area (Å²) in [5.74, 6) is 0.570. The molecule has 2 fully saturated rings. The number of anilines is 2. The number of nitrogens with zero attached hydrogens (tertiary/aromatic N) is 7. The van der Waals surface area contributed by atoms with E-state index in [4.69, 9.17) is 4.74 Å². The lowest BCUT2D eigenvalue weighted by Gasteiger charge is -2.40. The lowest BCUT2D eigenvalue weighted by molar-refractivity contribution is 0.0134. The fourth-order valence-electron chi connectivity index (χ4n) is 5.35. The third-order valence-corrected chi connectivity index (χ3v) is 7.91. The van der Waals surface area contributed by atoms with E-state index < -0.39 is 5.60 Å². The molecule has 1 amide bonds.